The summed E-state index contributed by atoms with van der Waals surface area (Å²) in [5.41, 5.74) is 5.61. The molecule has 1 aliphatic rings. The van der Waals surface area contributed by atoms with E-state index < -0.39 is 0 Å². The Bertz CT molecular complexity index is 744. The number of aromatic nitrogens is 3. The monoisotopic (exact) mass is 371 g/mol. The first-order chi connectivity index (χ1) is 12.7. The summed E-state index contributed by atoms with van der Waals surface area (Å²) in [7, 11) is 1.92. The Labute approximate surface area is 158 Å². The smallest absolute Gasteiger partial charge is 0.271 e. The van der Waals surface area contributed by atoms with Crippen LogP contribution in [-0.2, 0) is 12.8 Å². The fourth-order valence-electron chi connectivity index (χ4n) is 2.92. The van der Waals surface area contributed by atoms with Gasteiger partial charge in [0.15, 0.2) is 5.16 Å². The Balaban J connectivity index is 1.52. The van der Waals surface area contributed by atoms with Crippen molar-refractivity contribution >= 4 is 23.4 Å². The van der Waals surface area contributed by atoms with Gasteiger partial charge in [0.25, 0.3) is 5.91 Å². The molecule has 1 saturated carbocycles. The number of hydrazone groups is 1. The third-order valence-corrected chi connectivity index (χ3v) is 5.61. The van der Waals surface area contributed by atoms with Crippen LogP contribution >= 0.6 is 11.8 Å². The first-order valence-corrected chi connectivity index (χ1v) is 10.1. The van der Waals surface area contributed by atoms with Crippen LogP contribution in [-0.4, -0.2) is 26.4 Å². The summed E-state index contributed by atoms with van der Waals surface area (Å²) in [6.45, 7) is 0. The van der Waals surface area contributed by atoms with Gasteiger partial charge in [0.1, 0.15) is 6.33 Å². The molecule has 7 heteroatoms. The molecule has 1 aromatic carbocycles. The van der Waals surface area contributed by atoms with Crippen LogP contribution in [0.3, 0.4) is 0 Å². The van der Waals surface area contributed by atoms with E-state index in [2.05, 4.69) is 20.7 Å². The number of nitrogens with one attached hydrogen (secondary N) is 1. The number of rotatable bonds is 5. The summed E-state index contributed by atoms with van der Waals surface area (Å²) < 4.78 is 1.89. The number of aryl methyl sites for hydroxylation is 1. The molecule has 1 amide bonds. The number of amides is 1. The van der Waals surface area contributed by atoms with E-state index in [0.29, 0.717) is 5.56 Å². The summed E-state index contributed by atoms with van der Waals surface area (Å²) in [5, 5.41) is 13.2. The van der Waals surface area contributed by atoms with Crippen molar-refractivity contribution in [1.29, 1.82) is 0 Å². The minimum absolute atomic E-state index is 0.146. The highest BCUT2D eigenvalue weighted by atomic mass is 32.2. The molecule has 0 bridgehead atoms. The third-order valence-electron chi connectivity index (χ3n) is 4.50. The van der Waals surface area contributed by atoms with Crippen molar-refractivity contribution in [3.05, 3.63) is 41.7 Å². The van der Waals surface area contributed by atoms with Crippen molar-refractivity contribution in [3.63, 3.8) is 0 Å². The Hall–Kier alpha value is -2.15. The Morgan fingerprint density at radius 2 is 1.85 bits per heavy atom. The maximum Gasteiger partial charge on any atom is 0.271 e. The molecule has 2 aromatic rings. The van der Waals surface area contributed by atoms with Crippen LogP contribution in [0.4, 0.5) is 0 Å². The number of hydrogen-bond donors (Lipinski definition) is 1. The third kappa shape index (κ3) is 5.42. The highest BCUT2D eigenvalue weighted by molar-refractivity contribution is 7.98. The predicted octanol–water partition coefficient (Wildman–Crippen LogP) is 3.94. The molecule has 1 fully saturated rings. The van der Waals surface area contributed by atoms with Crippen molar-refractivity contribution < 1.29 is 4.79 Å². The summed E-state index contributed by atoms with van der Waals surface area (Å²) in [6.07, 6.45) is 9.88. The average molecular weight is 372 g/mol. The normalized spacial score (nSPS) is 15.2. The molecule has 0 spiro atoms. The van der Waals surface area contributed by atoms with Gasteiger partial charge < -0.3 is 4.57 Å². The second kappa shape index (κ2) is 9.52. The van der Waals surface area contributed by atoms with Crippen LogP contribution in [0, 0.1) is 0 Å². The molecular weight excluding hydrogens is 346 g/mol. The fourth-order valence-corrected chi connectivity index (χ4v) is 3.77. The van der Waals surface area contributed by atoms with E-state index in [1.165, 1.54) is 32.1 Å². The van der Waals surface area contributed by atoms with Gasteiger partial charge in [-0.2, -0.15) is 5.10 Å². The molecule has 0 atom stereocenters. The predicted molar refractivity (Wildman–Crippen MR) is 104 cm³/mol. The molecule has 138 valence electrons. The van der Waals surface area contributed by atoms with Gasteiger partial charge in [-0.25, -0.2) is 5.43 Å². The molecular formula is C19H25N5OS. The molecule has 3 rings (SSSR count). The Kier molecular flexibility index (Phi) is 6.82. The summed E-state index contributed by atoms with van der Waals surface area (Å²) in [5.74, 6) is 0.642. The lowest BCUT2D eigenvalue weighted by atomic mass is 9.99. The minimum Gasteiger partial charge on any atom is -0.312 e. The zero-order chi connectivity index (χ0) is 18.2. The van der Waals surface area contributed by atoms with Crippen LogP contribution in [0.2, 0.25) is 0 Å². The molecule has 0 aliphatic heterocycles. The maximum atomic E-state index is 12.3. The van der Waals surface area contributed by atoms with E-state index in [1.54, 1.807) is 18.1 Å². The largest absolute Gasteiger partial charge is 0.312 e. The summed E-state index contributed by atoms with van der Waals surface area (Å²) in [4.78, 5) is 12.3. The Morgan fingerprint density at radius 1 is 1.15 bits per heavy atom. The van der Waals surface area contributed by atoms with Crippen molar-refractivity contribution in [1.82, 2.24) is 20.2 Å². The van der Waals surface area contributed by atoms with E-state index in [9.17, 15) is 4.79 Å². The van der Waals surface area contributed by atoms with E-state index in [4.69, 9.17) is 0 Å². The van der Waals surface area contributed by atoms with Crippen molar-refractivity contribution in [3.8, 4) is 0 Å². The van der Waals surface area contributed by atoms with Crippen LogP contribution in [0.5, 0.6) is 0 Å². The number of nitrogens with zero attached hydrogens (tertiary/aromatic N) is 4. The number of carbonyl (C=O) groups is 1. The average Bonchev–Trinajstić information content (AvgIpc) is 3.04. The molecule has 26 heavy (non-hydrogen) atoms. The molecule has 1 N–H and O–H groups in total. The second-order valence-corrected chi connectivity index (χ2v) is 7.54. The standard InChI is InChI=1S/C19H25N5OS/c1-24-14-20-23-19(24)26-13-15-9-11-16(12-10-15)18(25)22-21-17-7-5-3-2-4-6-8-17/h9-12,14H,2-8,13H2,1H3,(H,22,25). The molecule has 0 saturated heterocycles. The van der Waals surface area contributed by atoms with Gasteiger partial charge in [-0.05, 0) is 43.4 Å². The Morgan fingerprint density at radius 3 is 2.50 bits per heavy atom. The van der Waals surface area contributed by atoms with Gasteiger partial charge in [-0.15, -0.1) is 10.2 Å². The van der Waals surface area contributed by atoms with Crippen LogP contribution < -0.4 is 5.43 Å². The number of hydrogen-bond acceptors (Lipinski definition) is 5. The molecule has 1 heterocycles. The summed E-state index contributed by atoms with van der Waals surface area (Å²) in [6, 6.07) is 7.64. The zero-order valence-electron chi connectivity index (χ0n) is 15.1. The SMILES string of the molecule is Cn1cnnc1SCc1ccc(C(=O)NN=C2CCCCCCC2)cc1. The molecule has 1 aromatic heterocycles. The van der Waals surface area contributed by atoms with E-state index in [0.717, 1.165) is 35.0 Å². The minimum atomic E-state index is -0.146. The van der Waals surface area contributed by atoms with Gasteiger partial charge in [0.05, 0.1) is 0 Å². The lowest BCUT2D eigenvalue weighted by Crippen LogP contribution is -2.20. The van der Waals surface area contributed by atoms with Crippen LogP contribution in [0.15, 0.2) is 40.9 Å². The first-order valence-electron chi connectivity index (χ1n) is 9.14. The van der Waals surface area contributed by atoms with Crippen molar-refractivity contribution in [2.45, 2.75) is 55.9 Å². The summed E-state index contributed by atoms with van der Waals surface area (Å²) >= 11 is 1.62. The number of thioether (sulfide) groups is 1. The maximum absolute atomic E-state index is 12.3. The molecule has 0 unspecified atom stereocenters. The van der Waals surface area contributed by atoms with Gasteiger partial charge in [0, 0.05) is 24.1 Å². The van der Waals surface area contributed by atoms with E-state index >= 15 is 0 Å². The van der Waals surface area contributed by atoms with Crippen LogP contribution in [0.25, 0.3) is 0 Å². The van der Waals surface area contributed by atoms with Gasteiger partial charge >= 0.3 is 0 Å². The molecule has 1 aliphatic carbocycles. The fraction of sp³-hybridized carbons (Fsp3) is 0.474. The van der Waals surface area contributed by atoms with Gasteiger partial charge in [-0.3, -0.25) is 4.79 Å². The van der Waals surface area contributed by atoms with E-state index in [-0.39, 0.29) is 5.91 Å². The topological polar surface area (TPSA) is 72.2 Å². The first kappa shape index (κ1) is 18.6. The van der Waals surface area contributed by atoms with Gasteiger partial charge in [0.2, 0.25) is 0 Å². The second-order valence-electron chi connectivity index (χ2n) is 6.60. The highest BCUT2D eigenvalue weighted by Crippen LogP contribution is 2.20. The zero-order valence-corrected chi connectivity index (χ0v) is 16.0. The highest BCUT2D eigenvalue weighted by Gasteiger charge is 2.08. The van der Waals surface area contributed by atoms with E-state index in [1.807, 2.05) is 35.9 Å². The lowest BCUT2D eigenvalue weighted by molar-refractivity contribution is 0.0954. The van der Waals surface area contributed by atoms with Crippen molar-refractivity contribution in [2.75, 3.05) is 0 Å². The number of carbonyl (C=O) groups excluding carboxylic acids is 1. The van der Waals surface area contributed by atoms with Crippen LogP contribution in [0.1, 0.15) is 60.9 Å². The molecule has 0 radical (unpaired) electrons. The quantitative estimate of drug-likeness (QED) is 0.638. The lowest BCUT2D eigenvalue weighted by Gasteiger charge is -2.11. The van der Waals surface area contributed by atoms with Gasteiger partial charge in [-0.1, -0.05) is 43.2 Å². The van der Waals surface area contributed by atoms with Crippen molar-refractivity contribution in [2.24, 2.45) is 12.1 Å². The number of benzene rings is 1. The molecule has 6 nitrogen and oxygen atoms in total.